The first kappa shape index (κ1) is 14.1. The number of hydrogen-bond donors (Lipinski definition) is 1. The van der Waals surface area contributed by atoms with Crippen LogP contribution in [0.1, 0.15) is 32.1 Å². The van der Waals surface area contributed by atoms with E-state index < -0.39 is 0 Å². The second kappa shape index (κ2) is 4.96. The first-order chi connectivity index (χ1) is 12.3. The van der Waals surface area contributed by atoms with Gasteiger partial charge >= 0.3 is 0 Å². The van der Waals surface area contributed by atoms with Crippen LogP contribution in [0, 0.1) is 11.8 Å². The molecule has 2 aliphatic heterocycles. The SMILES string of the molecule is c1cncc(-c2ccc3c(c2)NN2O[C@]4(CN32)C[C@H]2CC[C@H]4CC2)c1. The van der Waals surface area contributed by atoms with Gasteiger partial charge in [0, 0.05) is 23.2 Å². The Morgan fingerprint density at radius 3 is 2.80 bits per heavy atom. The molecule has 2 aromatic rings. The van der Waals surface area contributed by atoms with Crippen LogP contribution >= 0.6 is 0 Å². The lowest BCUT2D eigenvalue weighted by molar-refractivity contribution is -0.225. The average Bonchev–Trinajstić information content (AvgIpc) is 3.16. The lowest BCUT2D eigenvalue weighted by Crippen LogP contribution is -2.50. The van der Waals surface area contributed by atoms with E-state index in [9.17, 15) is 0 Å². The molecule has 1 spiro atoms. The summed E-state index contributed by atoms with van der Waals surface area (Å²) in [6.45, 7) is 0.973. The molecule has 0 amide bonds. The van der Waals surface area contributed by atoms with Crippen LogP contribution in [0.15, 0.2) is 42.7 Å². The third-order valence-corrected chi connectivity index (χ3v) is 6.62. The minimum Gasteiger partial charge on any atom is -0.275 e. The van der Waals surface area contributed by atoms with Gasteiger partial charge in [-0.25, -0.2) is 0 Å². The van der Waals surface area contributed by atoms with E-state index in [0.717, 1.165) is 23.7 Å². The van der Waals surface area contributed by atoms with Crippen LogP contribution < -0.4 is 10.4 Å². The highest BCUT2D eigenvalue weighted by molar-refractivity contribution is 5.80. The van der Waals surface area contributed by atoms with Gasteiger partial charge in [0.15, 0.2) is 0 Å². The molecule has 5 nitrogen and oxygen atoms in total. The lowest BCUT2D eigenvalue weighted by atomic mass is 9.62. The Kier molecular flexibility index (Phi) is 2.80. The van der Waals surface area contributed by atoms with Crippen LogP contribution in [-0.2, 0) is 4.84 Å². The normalized spacial score (nSPS) is 32.7. The number of hydrazine groups is 2. The van der Waals surface area contributed by atoms with Crippen molar-refractivity contribution in [2.45, 2.75) is 37.7 Å². The maximum absolute atomic E-state index is 6.51. The molecular weight excluding hydrogens is 312 g/mol. The Morgan fingerprint density at radius 2 is 2.04 bits per heavy atom. The minimum absolute atomic E-state index is 0.0217. The Morgan fingerprint density at radius 1 is 1.12 bits per heavy atom. The van der Waals surface area contributed by atoms with E-state index in [1.165, 1.54) is 43.4 Å². The van der Waals surface area contributed by atoms with Crippen molar-refractivity contribution < 1.29 is 4.84 Å². The van der Waals surface area contributed by atoms with Gasteiger partial charge in [-0.15, -0.1) is 0 Å². The van der Waals surface area contributed by atoms with Crippen molar-refractivity contribution in [1.82, 2.24) is 10.3 Å². The number of benzene rings is 1. The van der Waals surface area contributed by atoms with E-state index in [-0.39, 0.29) is 5.60 Å². The highest BCUT2D eigenvalue weighted by Gasteiger charge is 2.57. The van der Waals surface area contributed by atoms with Crippen molar-refractivity contribution in [3.63, 3.8) is 0 Å². The van der Waals surface area contributed by atoms with Crippen LogP contribution in [0.2, 0.25) is 0 Å². The van der Waals surface area contributed by atoms with Crippen LogP contribution in [0.25, 0.3) is 11.1 Å². The molecule has 1 N–H and O–H groups in total. The molecule has 1 aromatic heterocycles. The largest absolute Gasteiger partial charge is 0.275 e. The van der Waals surface area contributed by atoms with Gasteiger partial charge in [0.2, 0.25) is 0 Å². The Labute approximate surface area is 147 Å². The molecule has 5 aliphatic rings. The minimum atomic E-state index is 0.0217. The fourth-order valence-corrected chi connectivity index (χ4v) is 5.35. The van der Waals surface area contributed by atoms with Gasteiger partial charge in [0.05, 0.1) is 17.9 Å². The van der Waals surface area contributed by atoms with Gasteiger partial charge in [-0.05, 0) is 67.7 Å². The summed E-state index contributed by atoms with van der Waals surface area (Å²) in [6.07, 6.45) is 10.4. The molecule has 3 saturated carbocycles. The lowest BCUT2D eigenvalue weighted by Gasteiger charge is -2.47. The number of fused-ring (bicyclic) bond motifs is 5. The predicted octanol–water partition coefficient (Wildman–Crippen LogP) is 4.01. The molecule has 2 bridgehead atoms. The Hall–Kier alpha value is -2.11. The fraction of sp³-hybridized carbons (Fsp3) is 0.450. The van der Waals surface area contributed by atoms with Crippen molar-refractivity contribution in [3.8, 4) is 11.1 Å². The molecule has 3 heterocycles. The molecule has 1 atom stereocenters. The van der Waals surface area contributed by atoms with E-state index >= 15 is 0 Å². The van der Waals surface area contributed by atoms with Crippen LogP contribution in [-0.4, -0.2) is 22.4 Å². The van der Waals surface area contributed by atoms with Gasteiger partial charge < -0.3 is 0 Å². The summed E-state index contributed by atoms with van der Waals surface area (Å²) >= 11 is 0. The van der Waals surface area contributed by atoms with Crippen molar-refractivity contribution >= 4 is 11.4 Å². The second-order valence-electron chi connectivity index (χ2n) is 7.99. The molecule has 25 heavy (non-hydrogen) atoms. The van der Waals surface area contributed by atoms with Crippen LogP contribution in [0.3, 0.4) is 0 Å². The molecule has 7 rings (SSSR count). The number of nitrogens with zero attached hydrogens (tertiary/aromatic N) is 3. The first-order valence-corrected chi connectivity index (χ1v) is 9.39. The van der Waals surface area contributed by atoms with Crippen molar-refractivity contribution in [1.29, 1.82) is 0 Å². The third-order valence-electron chi connectivity index (χ3n) is 6.62. The summed E-state index contributed by atoms with van der Waals surface area (Å²) in [7, 11) is 0. The molecule has 3 aliphatic carbocycles. The molecule has 5 heteroatoms. The number of nitrogens with one attached hydrogen (secondary N) is 1. The van der Waals surface area contributed by atoms with Crippen molar-refractivity contribution in [2.75, 3.05) is 17.0 Å². The topological polar surface area (TPSA) is 40.6 Å². The highest BCUT2D eigenvalue weighted by Crippen LogP contribution is 2.54. The maximum atomic E-state index is 6.51. The van der Waals surface area contributed by atoms with E-state index in [4.69, 9.17) is 4.84 Å². The molecule has 4 fully saturated rings. The summed E-state index contributed by atoms with van der Waals surface area (Å²) in [4.78, 5) is 10.7. The molecule has 0 unspecified atom stereocenters. The number of anilines is 2. The maximum Gasteiger partial charge on any atom is 0.116 e. The molecule has 1 saturated heterocycles. The first-order valence-electron chi connectivity index (χ1n) is 9.39. The standard InChI is InChI=1S/C20H22N4O/c1-2-16(12-21-9-1)15-5-8-19-18(10-15)22-24-23(19)13-20(25-24)11-14-3-6-17(20)7-4-14/h1-2,5,8-10,12,14,17,22H,3-4,6-7,11,13H2/t14-,17-,20-/m0/s1. The molecule has 1 aromatic carbocycles. The summed E-state index contributed by atoms with van der Waals surface area (Å²) in [5, 5.41) is 4.17. The number of aromatic nitrogens is 1. The number of pyridine rings is 1. The molecular formula is C20H22N4O. The van der Waals surface area contributed by atoms with Crippen molar-refractivity contribution in [3.05, 3.63) is 42.7 Å². The summed E-state index contributed by atoms with van der Waals surface area (Å²) in [6, 6.07) is 10.6. The number of rotatable bonds is 1. The van der Waals surface area contributed by atoms with Crippen LogP contribution in [0.5, 0.6) is 0 Å². The van der Waals surface area contributed by atoms with Gasteiger partial charge in [-0.3, -0.25) is 20.3 Å². The van der Waals surface area contributed by atoms with Crippen LogP contribution in [0.4, 0.5) is 11.4 Å². The predicted molar refractivity (Wildman–Crippen MR) is 96.4 cm³/mol. The van der Waals surface area contributed by atoms with E-state index in [1.54, 1.807) is 0 Å². The fourth-order valence-electron chi connectivity index (χ4n) is 5.35. The van der Waals surface area contributed by atoms with Gasteiger partial charge in [0.1, 0.15) is 5.60 Å². The quantitative estimate of drug-likeness (QED) is 0.853. The van der Waals surface area contributed by atoms with Crippen molar-refractivity contribution in [2.24, 2.45) is 11.8 Å². The average molecular weight is 334 g/mol. The summed E-state index contributed by atoms with van der Waals surface area (Å²) < 4.78 is 0. The Balaban J connectivity index is 1.31. The highest BCUT2D eigenvalue weighted by atomic mass is 16.8. The summed E-state index contributed by atoms with van der Waals surface area (Å²) in [5.74, 6) is 1.57. The zero-order chi connectivity index (χ0) is 16.4. The van der Waals surface area contributed by atoms with Gasteiger partial charge in [-0.1, -0.05) is 12.1 Å². The summed E-state index contributed by atoms with van der Waals surface area (Å²) in [5.41, 5.74) is 8.11. The van der Waals surface area contributed by atoms with Gasteiger partial charge in [0.25, 0.3) is 0 Å². The smallest absolute Gasteiger partial charge is 0.116 e. The molecule has 128 valence electrons. The zero-order valence-electron chi connectivity index (χ0n) is 14.2. The van der Waals surface area contributed by atoms with E-state index in [0.29, 0.717) is 5.92 Å². The van der Waals surface area contributed by atoms with E-state index in [2.05, 4.69) is 39.7 Å². The zero-order valence-corrected chi connectivity index (χ0v) is 14.2. The van der Waals surface area contributed by atoms with Gasteiger partial charge in [-0.2, -0.15) is 0 Å². The third kappa shape index (κ3) is 1.99. The second-order valence-corrected chi connectivity index (χ2v) is 7.99. The molecule has 0 radical (unpaired) electrons. The monoisotopic (exact) mass is 334 g/mol. The van der Waals surface area contributed by atoms with E-state index in [1.807, 2.05) is 23.7 Å². The Bertz CT molecular complexity index is 818. The number of hydrogen-bond acceptors (Lipinski definition) is 5.